The molecule has 4 heteroatoms. The van der Waals surface area contributed by atoms with E-state index >= 15 is 0 Å². The van der Waals surface area contributed by atoms with Gasteiger partial charge in [-0.05, 0) is 60.4 Å². The first-order chi connectivity index (χ1) is 11.1. The molecule has 0 spiro atoms. The molecule has 0 saturated heterocycles. The molecule has 4 nitrogen and oxygen atoms in total. The molecule has 120 valence electrons. The molecule has 1 amide bonds. The van der Waals surface area contributed by atoms with Gasteiger partial charge in [0.05, 0.1) is 12.8 Å². The van der Waals surface area contributed by atoms with E-state index in [4.69, 9.17) is 4.74 Å². The molecule has 0 aliphatic rings. The summed E-state index contributed by atoms with van der Waals surface area (Å²) in [4.78, 5) is 12.0. The minimum atomic E-state index is -0.220. The Labute approximate surface area is 137 Å². The number of benzene rings is 2. The molecule has 2 aromatic carbocycles. The molecule has 0 aliphatic heterocycles. The zero-order valence-electron chi connectivity index (χ0n) is 13.7. The monoisotopic (exact) mass is 310 g/mol. The van der Waals surface area contributed by atoms with Crippen LogP contribution in [0, 0.1) is 0 Å². The minimum absolute atomic E-state index is 0.220. The minimum Gasteiger partial charge on any atom is -0.494 e. The number of hydrogen-bond donors (Lipinski definition) is 1. The number of rotatable bonds is 6. The summed E-state index contributed by atoms with van der Waals surface area (Å²) < 4.78 is 5.37. The van der Waals surface area contributed by atoms with Gasteiger partial charge in [0.1, 0.15) is 5.75 Å². The Bertz CT molecular complexity index is 659. The number of hydrogen-bond acceptors (Lipinski definition) is 3. The van der Waals surface area contributed by atoms with E-state index in [1.54, 1.807) is 6.21 Å². The number of hydrazone groups is 1. The fourth-order valence-corrected chi connectivity index (χ4v) is 2.07. The van der Waals surface area contributed by atoms with Gasteiger partial charge in [0.15, 0.2) is 0 Å². The third-order valence-electron chi connectivity index (χ3n) is 3.41. The van der Waals surface area contributed by atoms with Crippen molar-refractivity contribution in [3.05, 3.63) is 65.2 Å². The highest BCUT2D eigenvalue weighted by atomic mass is 16.5. The Hall–Kier alpha value is -2.62. The van der Waals surface area contributed by atoms with Crippen molar-refractivity contribution in [1.29, 1.82) is 0 Å². The second kappa shape index (κ2) is 8.13. The second-order valence-corrected chi connectivity index (χ2v) is 5.48. The summed E-state index contributed by atoms with van der Waals surface area (Å²) >= 11 is 0. The van der Waals surface area contributed by atoms with E-state index < -0.39 is 0 Å². The molecule has 1 N–H and O–H groups in total. The highest BCUT2D eigenvalue weighted by Gasteiger charge is 2.05. The normalized spacial score (nSPS) is 11.0. The van der Waals surface area contributed by atoms with E-state index in [1.807, 2.05) is 55.5 Å². The maximum absolute atomic E-state index is 12.0. The Balaban J connectivity index is 1.92. The third-order valence-corrected chi connectivity index (χ3v) is 3.41. The predicted octanol–water partition coefficient (Wildman–Crippen LogP) is 3.97. The molecule has 0 aromatic heterocycles. The van der Waals surface area contributed by atoms with Gasteiger partial charge in [-0.3, -0.25) is 4.79 Å². The van der Waals surface area contributed by atoms with Crippen LogP contribution in [0.2, 0.25) is 0 Å². The lowest BCUT2D eigenvalue weighted by Gasteiger charge is -2.06. The van der Waals surface area contributed by atoms with Gasteiger partial charge < -0.3 is 4.74 Å². The van der Waals surface area contributed by atoms with Crippen LogP contribution in [-0.4, -0.2) is 18.7 Å². The molecule has 0 fully saturated rings. The van der Waals surface area contributed by atoms with Gasteiger partial charge in [-0.15, -0.1) is 0 Å². The SMILES string of the molecule is CCOc1ccc(/C=N/NC(=O)c2ccc(C(C)C)cc2)cc1. The zero-order chi connectivity index (χ0) is 16.7. The summed E-state index contributed by atoms with van der Waals surface area (Å²) in [5, 5.41) is 3.99. The van der Waals surface area contributed by atoms with E-state index in [2.05, 4.69) is 24.4 Å². The summed E-state index contributed by atoms with van der Waals surface area (Å²) in [5.74, 6) is 1.05. The first-order valence-corrected chi connectivity index (χ1v) is 7.76. The molecule has 0 atom stereocenters. The smallest absolute Gasteiger partial charge is 0.271 e. The Morgan fingerprint density at radius 3 is 2.35 bits per heavy atom. The van der Waals surface area contributed by atoms with Gasteiger partial charge in [0, 0.05) is 5.56 Å². The fraction of sp³-hybridized carbons (Fsp3) is 0.263. The van der Waals surface area contributed by atoms with Gasteiger partial charge in [-0.25, -0.2) is 5.43 Å². The molecule has 2 aromatic rings. The van der Waals surface area contributed by atoms with E-state index in [-0.39, 0.29) is 5.91 Å². The van der Waals surface area contributed by atoms with Gasteiger partial charge in [-0.1, -0.05) is 26.0 Å². The van der Waals surface area contributed by atoms with Crippen molar-refractivity contribution in [1.82, 2.24) is 5.43 Å². The highest BCUT2D eigenvalue weighted by Crippen LogP contribution is 2.14. The van der Waals surface area contributed by atoms with E-state index in [0.717, 1.165) is 11.3 Å². The Morgan fingerprint density at radius 1 is 1.13 bits per heavy atom. The Morgan fingerprint density at radius 2 is 1.78 bits per heavy atom. The molecule has 0 heterocycles. The molecule has 0 bridgehead atoms. The third kappa shape index (κ3) is 4.95. The number of ether oxygens (including phenoxy) is 1. The van der Waals surface area contributed by atoms with Crippen molar-refractivity contribution in [2.75, 3.05) is 6.61 Å². The van der Waals surface area contributed by atoms with Crippen molar-refractivity contribution in [3.63, 3.8) is 0 Å². The van der Waals surface area contributed by atoms with Gasteiger partial charge in [-0.2, -0.15) is 5.10 Å². The zero-order valence-corrected chi connectivity index (χ0v) is 13.7. The van der Waals surface area contributed by atoms with Crippen LogP contribution in [0.4, 0.5) is 0 Å². The molecule has 0 unspecified atom stereocenters. The molecule has 0 saturated carbocycles. The molecule has 0 aliphatic carbocycles. The molecular formula is C19H22N2O2. The van der Waals surface area contributed by atoms with Crippen molar-refractivity contribution in [2.45, 2.75) is 26.7 Å². The maximum atomic E-state index is 12.0. The average Bonchev–Trinajstić information content (AvgIpc) is 2.56. The standard InChI is InChI=1S/C19H22N2O2/c1-4-23-18-11-5-15(6-12-18)13-20-21-19(22)17-9-7-16(8-10-17)14(2)3/h5-14H,4H2,1-3H3,(H,21,22)/b20-13+. The van der Waals surface area contributed by atoms with Crippen LogP contribution in [0.25, 0.3) is 0 Å². The maximum Gasteiger partial charge on any atom is 0.271 e. The lowest BCUT2D eigenvalue weighted by Crippen LogP contribution is -2.17. The predicted molar refractivity (Wildman–Crippen MR) is 93.2 cm³/mol. The molecule has 0 radical (unpaired) electrons. The van der Waals surface area contributed by atoms with Crippen LogP contribution in [-0.2, 0) is 0 Å². The van der Waals surface area contributed by atoms with Crippen molar-refractivity contribution in [2.24, 2.45) is 5.10 Å². The number of carbonyl (C=O) groups is 1. The van der Waals surface area contributed by atoms with Gasteiger partial charge >= 0.3 is 0 Å². The second-order valence-electron chi connectivity index (χ2n) is 5.48. The number of nitrogens with one attached hydrogen (secondary N) is 1. The van der Waals surface area contributed by atoms with Crippen LogP contribution in [0.3, 0.4) is 0 Å². The average molecular weight is 310 g/mol. The van der Waals surface area contributed by atoms with Crippen LogP contribution in [0.15, 0.2) is 53.6 Å². The quantitative estimate of drug-likeness (QED) is 0.648. The fourth-order valence-electron chi connectivity index (χ4n) is 2.07. The topological polar surface area (TPSA) is 50.7 Å². The van der Waals surface area contributed by atoms with Crippen LogP contribution >= 0.6 is 0 Å². The summed E-state index contributed by atoms with van der Waals surface area (Å²) in [7, 11) is 0. The first kappa shape index (κ1) is 16.7. The molecule has 23 heavy (non-hydrogen) atoms. The van der Waals surface area contributed by atoms with Gasteiger partial charge in [0.25, 0.3) is 5.91 Å². The van der Waals surface area contributed by atoms with E-state index in [9.17, 15) is 4.79 Å². The van der Waals surface area contributed by atoms with Crippen LogP contribution < -0.4 is 10.2 Å². The lowest BCUT2D eigenvalue weighted by molar-refractivity contribution is 0.0955. The summed E-state index contributed by atoms with van der Waals surface area (Å²) in [6, 6.07) is 15.1. The van der Waals surface area contributed by atoms with Crippen molar-refractivity contribution >= 4 is 12.1 Å². The largest absolute Gasteiger partial charge is 0.494 e. The van der Waals surface area contributed by atoms with Crippen molar-refractivity contribution in [3.8, 4) is 5.75 Å². The highest BCUT2D eigenvalue weighted by molar-refractivity contribution is 5.94. The summed E-state index contributed by atoms with van der Waals surface area (Å²) in [6.45, 7) is 6.82. The first-order valence-electron chi connectivity index (χ1n) is 7.76. The van der Waals surface area contributed by atoms with Crippen LogP contribution in [0.5, 0.6) is 5.75 Å². The van der Waals surface area contributed by atoms with E-state index in [1.165, 1.54) is 5.56 Å². The van der Waals surface area contributed by atoms with Crippen molar-refractivity contribution < 1.29 is 9.53 Å². The molecular weight excluding hydrogens is 288 g/mol. The molecule has 2 rings (SSSR count). The summed E-state index contributed by atoms with van der Waals surface area (Å²) in [5.41, 5.74) is 5.23. The van der Waals surface area contributed by atoms with Gasteiger partial charge in [0.2, 0.25) is 0 Å². The summed E-state index contributed by atoms with van der Waals surface area (Å²) in [6.07, 6.45) is 1.61. The van der Waals surface area contributed by atoms with E-state index in [0.29, 0.717) is 18.1 Å². The Kier molecular flexibility index (Phi) is 5.92. The van der Waals surface area contributed by atoms with Crippen LogP contribution in [0.1, 0.15) is 48.2 Å². The number of carbonyl (C=O) groups excluding carboxylic acids is 1. The number of nitrogens with zero attached hydrogens (tertiary/aromatic N) is 1. The lowest BCUT2D eigenvalue weighted by atomic mass is 10.0. The number of amides is 1.